The summed E-state index contributed by atoms with van der Waals surface area (Å²) in [6, 6.07) is 10.1. The van der Waals surface area contributed by atoms with E-state index in [2.05, 4.69) is 25.7 Å². The van der Waals surface area contributed by atoms with Crippen molar-refractivity contribution in [3.63, 3.8) is 0 Å². The number of nitrogens with zero attached hydrogens (tertiary/aromatic N) is 3. The number of pyridine rings is 1. The SMILES string of the molecule is NNc1cncc(NCc2cccc3cccnc23)n1. The van der Waals surface area contributed by atoms with Crippen LogP contribution >= 0.6 is 0 Å². The minimum atomic E-state index is 0.519. The summed E-state index contributed by atoms with van der Waals surface area (Å²) in [6.45, 7) is 0.622. The van der Waals surface area contributed by atoms with E-state index in [1.165, 1.54) is 0 Å². The van der Waals surface area contributed by atoms with Crippen LogP contribution in [0.5, 0.6) is 0 Å². The number of para-hydroxylation sites is 1. The molecule has 0 radical (unpaired) electrons. The Kier molecular flexibility index (Phi) is 3.38. The molecule has 2 aromatic heterocycles. The Morgan fingerprint density at radius 1 is 1.05 bits per heavy atom. The topological polar surface area (TPSA) is 88.8 Å². The lowest BCUT2D eigenvalue weighted by Crippen LogP contribution is -2.10. The number of rotatable bonds is 4. The predicted molar refractivity (Wildman–Crippen MR) is 78.9 cm³/mol. The van der Waals surface area contributed by atoms with Crippen molar-refractivity contribution >= 4 is 22.5 Å². The number of fused-ring (bicyclic) bond motifs is 1. The van der Waals surface area contributed by atoms with Gasteiger partial charge in [0.25, 0.3) is 0 Å². The van der Waals surface area contributed by atoms with Crippen molar-refractivity contribution in [1.82, 2.24) is 15.0 Å². The minimum absolute atomic E-state index is 0.519. The molecule has 20 heavy (non-hydrogen) atoms. The maximum Gasteiger partial charge on any atom is 0.160 e. The van der Waals surface area contributed by atoms with Gasteiger partial charge in [-0.1, -0.05) is 24.3 Å². The third kappa shape index (κ3) is 2.50. The molecule has 0 fully saturated rings. The molecule has 6 heteroatoms. The molecule has 3 aromatic rings. The quantitative estimate of drug-likeness (QED) is 0.494. The fraction of sp³-hybridized carbons (Fsp3) is 0.0714. The zero-order valence-corrected chi connectivity index (χ0v) is 10.7. The molecule has 0 saturated heterocycles. The summed E-state index contributed by atoms with van der Waals surface area (Å²) in [5.74, 6) is 6.49. The molecule has 0 atom stereocenters. The number of nitrogens with two attached hydrogens (primary N) is 1. The molecule has 3 rings (SSSR count). The highest BCUT2D eigenvalue weighted by molar-refractivity contribution is 5.81. The van der Waals surface area contributed by atoms with Crippen molar-refractivity contribution in [2.75, 3.05) is 10.7 Å². The number of nitrogen functional groups attached to an aromatic ring is 1. The third-order valence-electron chi connectivity index (χ3n) is 2.96. The summed E-state index contributed by atoms with van der Waals surface area (Å²) >= 11 is 0. The molecule has 0 bridgehead atoms. The number of hydrogen-bond acceptors (Lipinski definition) is 6. The minimum Gasteiger partial charge on any atom is -0.365 e. The van der Waals surface area contributed by atoms with Crippen molar-refractivity contribution in [2.45, 2.75) is 6.54 Å². The number of anilines is 2. The number of nitrogens with one attached hydrogen (secondary N) is 2. The van der Waals surface area contributed by atoms with E-state index in [-0.39, 0.29) is 0 Å². The molecule has 0 aliphatic heterocycles. The van der Waals surface area contributed by atoms with Gasteiger partial charge in [-0.3, -0.25) is 9.97 Å². The zero-order valence-electron chi connectivity index (χ0n) is 10.7. The number of hydrogen-bond donors (Lipinski definition) is 3. The van der Waals surface area contributed by atoms with Crippen LogP contribution in [0.3, 0.4) is 0 Å². The van der Waals surface area contributed by atoms with Gasteiger partial charge < -0.3 is 10.7 Å². The van der Waals surface area contributed by atoms with E-state index in [1.54, 1.807) is 18.6 Å². The van der Waals surface area contributed by atoms with Crippen LogP contribution in [0.2, 0.25) is 0 Å². The Morgan fingerprint density at radius 2 is 1.90 bits per heavy atom. The smallest absolute Gasteiger partial charge is 0.160 e. The molecule has 2 heterocycles. The summed E-state index contributed by atoms with van der Waals surface area (Å²) < 4.78 is 0. The van der Waals surface area contributed by atoms with Crippen molar-refractivity contribution < 1.29 is 0 Å². The van der Waals surface area contributed by atoms with E-state index in [0.29, 0.717) is 18.2 Å². The summed E-state index contributed by atoms with van der Waals surface area (Å²) in [5.41, 5.74) is 4.57. The summed E-state index contributed by atoms with van der Waals surface area (Å²) in [5, 5.41) is 4.34. The van der Waals surface area contributed by atoms with Crippen LogP contribution in [0.25, 0.3) is 10.9 Å². The molecule has 0 unspecified atom stereocenters. The average Bonchev–Trinajstić information content (AvgIpc) is 2.53. The van der Waals surface area contributed by atoms with Gasteiger partial charge in [-0.25, -0.2) is 10.8 Å². The molecule has 0 amide bonds. The van der Waals surface area contributed by atoms with Crippen molar-refractivity contribution in [1.29, 1.82) is 0 Å². The van der Waals surface area contributed by atoms with E-state index in [9.17, 15) is 0 Å². The zero-order chi connectivity index (χ0) is 13.8. The van der Waals surface area contributed by atoms with Gasteiger partial charge in [-0.2, -0.15) is 0 Å². The summed E-state index contributed by atoms with van der Waals surface area (Å²) in [7, 11) is 0. The molecular formula is C14H14N6. The van der Waals surface area contributed by atoms with E-state index in [0.717, 1.165) is 16.5 Å². The maximum absolute atomic E-state index is 5.31. The largest absolute Gasteiger partial charge is 0.365 e. The van der Waals surface area contributed by atoms with Crippen LogP contribution in [0, 0.1) is 0 Å². The molecule has 0 aliphatic rings. The van der Waals surface area contributed by atoms with Crippen molar-refractivity contribution in [3.05, 3.63) is 54.5 Å². The van der Waals surface area contributed by atoms with E-state index >= 15 is 0 Å². The first-order valence-corrected chi connectivity index (χ1v) is 6.22. The lowest BCUT2D eigenvalue weighted by molar-refractivity contribution is 1.08. The molecule has 0 spiro atoms. The van der Waals surface area contributed by atoms with Crippen molar-refractivity contribution in [3.8, 4) is 0 Å². The first-order chi connectivity index (χ1) is 9.86. The Labute approximate surface area is 116 Å². The molecule has 0 aliphatic carbocycles. The van der Waals surface area contributed by atoms with E-state index < -0.39 is 0 Å². The molecular weight excluding hydrogens is 252 g/mol. The summed E-state index contributed by atoms with van der Waals surface area (Å²) in [6.07, 6.45) is 5.01. The number of benzene rings is 1. The number of aromatic nitrogens is 3. The normalized spacial score (nSPS) is 10.4. The van der Waals surface area contributed by atoms with Crippen LogP contribution < -0.4 is 16.6 Å². The molecule has 6 nitrogen and oxygen atoms in total. The lowest BCUT2D eigenvalue weighted by Gasteiger charge is -2.08. The Balaban J connectivity index is 1.83. The van der Waals surface area contributed by atoms with Gasteiger partial charge in [0.2, 0.25) is 0 Å². The van der Waals surface area contributed by atoms with Crippen LogP contribution in [0.15, 0.2) is 48.9 Å². The standard InChI is InChI=1S/C14H14N6/c15-20-13-9-16-8-12(19-13)18-7-11-4-1-3-10-5-2-6-17-14(10)11/h1-6,8-9H,7,15H2,(H2,18,19,20). The highest BCUT2D eigenvalue weighted by Gasteiger charge is 2.02. The van der Waals surface area contributed by atoms with Gasteiger partial charge in [0.1, 0.15) is 5.82 Å². The van der Waals surface area contributed by atoms with Crippen LogP contribution in [0.4, 0.5) is 11.6 Å². The lowest BCUT2D eigenvalue weighted by atomic mass is 10.1. The van der Waals surface area contributed by atoms with Crippen molar-refractivity contribution in [2.24, 2.45) is 5.84 Å². The van der Waals surface area contributed by atoms with Gasteiger partial charge in [0, 0.05) is 18.1 Å². The van der Waals surface area contributed by atoms with Crippen LogP contribution in [-0.4, -0.2) is 15.0 Å². The van der Waals surface area contributed by atoms with Gasteiger partial charge in [0.05, 0.1) is 17.9 Å². The first kappa shape index (κ1) is 12.3. The second-order valence-corrected chi connectivity index (χ2v) is 4.28. The number of hydrazine groups is 1. The average molecular weight is 266 g/mol. The van der Waals surface area contributed by atoms with Gasteiger partial charge in [0.15, 0.2) is 5.82 Å². The van der Waals surface area contributed by atoms with Gasteiger partial charge in [-0.05, 0) is 11.6 Å². The maximum atomic E-state index is 5.31. The fourth-order valence-electron chi connectivity index (χ4n) is 2.02. The van der Waals surface area contributed by atoms with Gasteiger partial charge >= 0.3 is 0 Å². The second-order valence-electron chi connectivity index (χ2n) is 4.28. The Bertz CT molecular complexity index is 722. The Morgan fingerprint density at radius 3 is 2.80 bits per heavy atom. The highest BCUT2D eigenvalue weighted by Crippen LogP contribution is 2.17. The highest BCUT2D eigenvalue weighted by atomic mass is 15.3. The van der Waals surface area contributed by atoms with Crippen LogP contribution in [0.1, 0.15) is 5.56 Å². The van der Waals surface area contributed by atoms with Gasteiger partial charge in [-0.15, -0.1) is 0 Å². The molecule has 4 N–H and O–H groups in total. The second kappa shape index (κ2) is 5.50. The van der Waals surface area contributed by atoms with Crippen LogP contribution in [-0.2, 0) is 6.54 Å². The predicted octanol–water partition coefficient (Wildman–Crippen LogP) is 1.92. The fourth-order valence-corrected chi connectivity index (χ4v) is 2.02. The Hall–Kier alpha value is -2.73. The first-order valence-electron chi connectivity index (χ1n) is 6.22. The molecule has 100 valence electrons. The van der Waals surface area contributed by atoms with E-state index in [1.807, 2.05) is 30.3 Å². The molecule has 0 saturated carbocycles. The van der Waals surface area contributed by atoms with E-state index in [4.69, 9.17) is 5.84 Å². The third-order valence-corrected chi connectivity index (χ3v) is 2.96. The molecule has 1 aromatic carbocycles. The summed E-state index contributed by atoms with van der Waals surface area (Å²) in [4.78, 5) is 12.7. The monoisotopic (exact) mass is 266 g/mol.